The summed E-state index contributed by atoms with van der Waals surface area (Å²) in [6.45, 7) is 3.89. The molecular formula is C12H19ClN4. The molecule has 0 amide bonds. The summed E-state index contributed by atoms with van der Waals surface area (Å²) in [7, 11) is 0. The summed E-state index contributed by atoms with van der Waals surface area (Å²) < 4.78 is 0. The molecule has 1 aliphatic rings. The topological polar surface area (TPSA) is 55.0 Å². The van der Waals surface area contributed by atoms with Gasteiger partial charge in [0.1, 0.15) is 0 Å². The molecule has 0 saturated carbocycles. The van der Waals surface area contributed by atoms with Crippen molar-refractivity contribution in [1.82, 2.24) is 9.97 Å². The van der Waals surface area contributed by atoms with Gasteiger partial charge in [0.15, 0.2) is 0 Å². The highest BCUT2D eigenvalue weighted by molar-refractivity contribution is 6.30. The van der Waals surface area contributed by atoms with Crippen molar-refractivity contribution in [3.05, 3.63) is 17.4 Å². The van der Waals surface area contributed by atoms with Gasteiger partial charge in [0, 0.05) is 19.1 Å². The van der Waals surface area contributed by atoms with Gasteiger partial charge in [-0.05, 0) is 18.8 Å². The van der Waals surface area contributed by atoms with Gasteiger partial charge in [0.05, 0.1) is 17.4 Å². The summed E-state index contributed by atoms with van der Waals surface area (Å²) in [5.74, 6) is 1.53. The van der Waals surface area contributed by atoms with Crippen molar-refractivity contribution in [3.63, 3.8) is 0 Å². The second-order valence-electron chi connectivity index (χ2n) is 4.58. The van der Waals surface area contributed by atoms with E-state index in [0.717, 1.165) is 24.8 Å². The fourth-order valence-corrected chi connectivity index (χ4v) is 2.54. The average Bonchev–Trinajstić information content (AvgIpc) is 2.39. The molecule has 2 rings (SSSR count). The molecule has 0 spiro atoms. The zero-order valence-electron chi connectivity index (χ0n) is 10.1. The number of piperidine rings is 1. The molecule has 0 aromatic carbocycles. The molecule has 1 fully saturated rings. The number of rotatable bonds is 3. The van der Waals surface area contributed by atoms with E-state index < -0.39 is 0 Å². The van der Waals surface area contributed by atoms with E-state index in [-0.39, 0.29) is 0 Å². The number of nitrogens with zero attached hydrogens (tertiary/aromatic N) is 3. The van der Waals surface area contributed by atoms with Gasteiger partial charge in [-0.1, -0.05) is 24.9 Å². The quantitative estimate of drug-likeness (QED) is 0.897. The number of anilines is 1. The molecule has 2 unspecified atom stereocenters. The minimum Gasteiger partial charge on any atom is -0.337 e. The van der Waals surface area contributed by atoms with Gasteiger partial charge < -0.3 is 10.6 Å². The first-order valence-electron chi connectivity index (χ1n) is 6.18. The average molecular weight is 255 g/mol. The van der Waals surface area contributed by atoms with Gasteiger partial charge in [-0.3, -0.25) is 0 Å². The molecule has 1 saturated heterocycles. The number of nitrogens with two attached hydrogens (primary N) is 1. The zero-order valence-corrected chi connectivity index (χ0v) is 10.9. The van der Waals surface area contributed by atoms with Crippen LogP contribution in [-0.4, -0.2) is 29.1 Å². The van der Waals surface area contributed by atoms with Gasteiger partial charge in [-0.2, -0.15) is 0 Å². The summed E-state index contributed by atoms with van der Waals surface area (Å²) >= 11 is 5.80. The number of hydrogen-bond donors (Lipinski definition) is 1. The lowest BCUT2D eigenvalue weighted by atomic mass is 9.89. The first-order chi connectivity index (χ1) is 8.24. The maximum Gasteiger partial charge on any atom is 0.225 e. The molecule has 2 atom stereocenters. The Hall–Kier alpha value is -0.870. The van der Waals surface area contributed by atoms with Gasteiger partial charge in [0.25, 0.3) is 0 Å². The molecule has 1 aromatic rings. The normalized spacial score (nSPS) is 25.0. The van der Waals surface area contributed by atoms with Crippen LogP contribution in [0.25, 0.3) is 0 Å². The third-order valence-corrected chi connectivity index (χ3v) is 3.73. The Morgan fingerprint density at radius 2 is 2.18 bits per heavy atom. The predicted molar refractivity (Wildman–Crippen MR) is 70.2 cm³/mol. The Morgan fingerprint density at radius 1 is 1.47 bits per heavy atom. The molecule has 0 radical (unpaired) electrons. The third-order valence-electron chi connectivity index (χ3n) is 3.54. The van der Waals surface area contributed by atoms with Crippen molar-refractivity contribution in [2.45, 2.75) is 32.2 Å². The van der Waals surface area contributed by atoms with Crippen molar-refractivity contribution < 1.29 is 0 Å². The second kappa shape index (κ2) is 5.65. The summed E-state index contributed by atoms with van der Waals surface area (Å²) in [6, 6.07) is 0.356. The van der Waals surface area contributed by atoms with E-state index in [1.54, 1.807) is 12.4 Å². The fraction of sp³-hybridized carbons (Fsp3) is 0.667. The summed E-state index contributed by atoms with van der Waals surface area (Å²) in [4.78, 5) is 10.8. The molecule has 1 aromatic heterocycles. The first-order valence-corrected chi connectivity index (χ1v) is 6.56. The summed E-state index contributed by atoms with van der Waals surface area (Å²) in [5.41, 5.74) is 5.85. The highest BCUT2D eigenvalue weighted by Crippen LogP contribution is 2.27. The minimum atomic E-state index is 0.356. The van der Waals surface area contributed by atoms with Crippen LogP contribution in [0.1, 0.15) is 26.2 Å². The van der Waals surface area contributed by atoms with Crippen molar-refractivity contribution in [2.24, 2.45) is 11.7 Å². The maximum absolute atomic E-state index is 5.85. The van der Waals surface area contributed by atoms with Crippen molar-refractivity contribution in [3.8, 4) is 0 Å². The molecule has 5 heteroatoms. The SMILES string of the molecule is CCC1CCN(c2ncc(Cl)cn2)C(CN)C1. The van der Waals surface area contributed by atoms with E-state index in [1.807, 2.05) is 0 Å². The van der Waals surface area contributed by atoms with Crippen LogP contribution in [0.2, 0.25) is 5.02 Å². The highest BCUT2D eigenvalue weighted by atomic mass is 35.5. The lowest BCUT2D eigenvalue weighted by molar-refractivity contribution is 0.332. The van der Waals surface area contributed by atoms with E-state index in [4.69, 9.17) is 17.3 Å². The molecule has 1 aliphatic heterocycles. The molecule has 0 aliphatic carbocycles. The zero-order chi connectivity index (χ0) is 12.3. The predicted octanol–water partition coefficient (Wildman–Crippen LogP) is 2.08. The highest BCUT2D eigenvalue weighted by Gasteiger charge is 2.28. The molecular weight excluding hydrogens is 236 g/mol. The summed E-state index contributed by atoms with van der Waals surface area (Å²) in [5, 5.41) is 0.571. The largest absolute Gasteiger partial charge is 0.337 e. The molecule has 2 heterocycles. The van der Waals surface area contributed by atoms with Crippen LogP contribution < -0.4 is 10.6 Å². The van der Waals surface area contributed by atoms with Crippen LogP contribution in [0.3, 0.4) is 0 Å². The first kappa shape index (κ1) is 12.6. The maximum atomic E-state index is 5.85. The number of hydrogen-bond acceptors (Lipinski definition) is 4. The lowest BCUT2D eigenvalue weighted by Crippen LogP contribution is -2.47. The lowest BCUT2D eigenvalue weighted by Gasteiger charge is -2.38. The number of halogens is 1. The Balaban J connectivity index is 2.12. The smallest absolute Gasteiger partial charge is 0.225 e. The molecule has 94 valence electrons. The van der Waals surface area contributed by atoms with Crippen molar-refractivity contribution >= 4 is 17.5 Å². The van der Waals surface area contributed by atoms with Crippen LogP contribution in [0.4, 0.5) is 5.95 Å². The molecule has 4 nitrogen and oxygen atoms in total. The van der Waals surface area contributed by atoms with E-state index in [1.165, 1.54) is 12.8 Å². The van der Waals surface area contributed by atoms with Crippen LogP contribution in [0, 0.1) is 5.92 Å². The molecule has 0 bridgehead atoms. The Kier molecular flexibility index (Phi) is 4.18. The van der Waals surface area contributed by atoms with Gasteiger partial charge >= 0.3 is 0 Å². The Labute approximate surface area is 107 Å². The van der Waals surface area contributed by atoms with Crippen molar-refractivity contribution in [2.75, 3.05) is 18.0 Å². The van der Waals surface area contributed by atoms with E-state index in [9.17, 15) is 0 Å². The third kappa shape index (κ3) is 2.87. The van der Waals surface area contributed by atoms with Crippen LogP contribution in [-0.2, 0) is 0 Å². The van der Waals surface area contributed by atoms with Crippen molar-refractivity contribution in [1.29, 1.82) is 0 Å². The standard InChI is InChI=1S/C12H19ClN4/c1-2-9-3-4-17(11(5-9)6-14)12-15-7-10(13)8-16-12/h7-9,11H,2-6,14H2,1H3. The second-order valence-corrected chi connectivity index (χ2v) is 5.02. The van der Waals surface area contributed by atoms with Crippen LogP contribution in [0.15, 0.2) is 12.4 Å². The van der Waals surface area contributed by atoms with Gasteiger partial charge in [-0.25, -0.2) is 9.97 Å². The van der Waals surface area contributed by atoms with Gasteiger partial charge in [-0.15, -0.1) is 0 Å². The molecule has 2 N–H and O–H groups in total. The Morgan fingerprint density at radius 3 is 2.76 bits per heavy atom. The monoisotopic (exact) mass is 254 g/mol. The van der Waals surface area contributed by atoms with Crippen LogP contribution in [0.5, 0.6) is 0 Å². The fourth-order valence-electron chi connectivity index (χ4n) is 2.45. The number of aromatic nitrogens is 2. The van der Waals surface area contributed by atoms with E-state index >= 15 is 0 Å². The van der Waals surface area contributed by atoms with Crippen LogP contribution >= 0.6 is 11.6 Å². The van der Waals surface area contributed by atoms with E-state index in [2.05, 4.69) is 21.8 Å². The van der Waals surface area contributed by atoms with Gasteiger partial charge in [0.2, 0.25) is 5.95 Å². The molecule has 17 heavy (non-hydrogen) atoms. The Bertz CT molecular complexity index is 354. The summed E-state index contributed by atoms with van der Waals surface area (Å²) in [6.07, 6.45) is 6.84. The minimum absolute atomic E-state index is 0.356. The van der Waals surface area contributed by atoms with E-state index in [0.29, 0.717) is 17.6 Å².